The summed E-state index contributed by atoms with van der Waals surface area (Å²) < 4.78 is 36.9. The number of hydrogen-bond acceptors (Lipinski definition) is 6. The van der Waals surface area contributed by atoms with Crippen LogP contribution >= 0.6 is 0 Å². The van der Waals surface area contributed by atoms with Crippen molar-refractivity contribution >= 4 is 21.8 Å². The minimum absolute atomic E-state index is 0.0185. The predicted molar refractivity (Wildman–Crippen MR) is 103 cm³/mol. The molecular weight excluding hydrogens is 396 g/mol. The zero-order valence-corrected chi connectivity index (χ0v) is 16.6. The van der Waals surface area contributed by atoms with Gasteiger partial charge in [-0.1, -0.05) is 18.2 Å². The molecule has 8 nitrogen and oxygen atoms in total. The molecule has 2 aliphatic rings. The van der Waals surface area contributed by atoms with Crippen LogP contribution in [-0.4, -0.2) is 44.3 Å². The van der Waals surface area contributed by atoms with Crippen molar-refractivity contribution in [3.05, 3.63) is 53.6 Å². The van der Waals surface area contributed by atoms with Crippen molar-refractivity contribution in [3.8, 4) is 11.5 Å². The summed E-state index contributed by atoms with van der Waals surface area (Å²) in [6.07, 6.45) is -0.131. The average molecular weight is 416 g/mol. The van der Waals surface area contributed by atoms with Crippen LogP contribution in [0.1, 0.15) is 35.3 Å². The molecule has 9 heteroatoms. The van der Waals surface area contributed by atoms with Crippen LogP contribution in [0.2, 0.25) is 0 Å². The lowest BCUT2D eigenvalue weighted by atomic mass is 10.1. The van der Waals surface area contributed by atoms with Crippen LogP contribution in [0.5, 0.6) is 11.5 Å². The van der Waals surface area contributed by atoms with Gasteiger partial charge in [0, 0.05) is 13.0 Å². The smallest absolute Gasteiger partial charge is 0.269 e. The molecule has 0 aliphatic carbocycles. The number of amides is 2. The second-order valence-corrected chi connectivity index (χ2v) is 8.65. The molecule has 0 radical (unpaired) electrons. The third kappa shape index (κ3) is 3.53. The molecule has 0 bridgehead atoms. The normalized spacial score (nSPS) is 17.6. The van der Waals surface area contributed by atoms with E-state index in [2.05, 4.69) is 5.32 Å². The highest BCUT2D eigenvalue weighted by Crippen LogP contribution is 2.33. The summed E-state index contributed by atoms with van der Waals surface area (Å²) in [5.41, 5.74) is 0.970. The summed E-state index contributed by atoms with van der Waals surface area (Å²) >= 11 is 0. The molecule has 2 aliphatic heterocycles. The Kier molecular flexibility index (Phi) is 4.91. The Morgan fingerprint density at radius 2 is 1.86 bits per heavy atom. The molecule has 1 unspecified atom stereocenters. The molecule has 152 valence electrons. The van der Waals surface area contributed by atoms with E-state index in [0.29, 0.717) is 24.7 Å². The fraction of sp³-hybridized carbons (Fsp3) is 0.300. The lowest BCUT2D eigenvalue weighted by Crippen LogP contribution is -2.35. The number of benzene rings is 2. The Morgan fingerprint density at radius 3 is 2.62 bits per heavy atom. The van der Waals surface area contributed by atoms with Gasteiger partial charge in [0.15, 0.2) is 11.5 Å². The molecule has 0 spiro atoms. The first-order valence-corrected chi connectivity index (χ1v) is 10.7. The van der Waals surface area contributed by atoms with Crippen LogP contribution in [0.15, 0.2) is 47.4 Å². The number of ether oxygens (including phenoxy) is 2. The minimum atomic E-state index is -3.91. The third-order valence-electron chi connectivity index (χ3n) is 4.90. The van der Waals surface area contributed by atoms with Gasteiger partial charge >= 0.3 is 0 Å². The molecule has 2 aromatic carbocycles. The van der Waals surface area contributed by atoms with Gasteiger partial charge in [-0.25, -0.2) is 12.7 Å². The largest absolute Gasteiger partial charge is 0.486 e. The molecule has 0 aromatic heterocycles. The summed E-state index contributed by atoms with van der Waals surface area (Å²) in [5.74, 6) is 0.330. The van der Waals surface area contributed by atoms with Crippen LogP contribution in [0.25, 0.3) is 0 Å². The van der Waals surface area contributed by atoms with Crippen molar-refractivity contribution in [2.24, 2.45) is 0 Å². The Morgan fingerprint density at radius 1 is 1.14 bits per heavy atom. The van der Waals surface area contributed by atoms with Crippen molar-refractivity contribution in [2.75, 3.05) is 19.8 Å². The van der Waals surface area contributed by atoms with Gasteiger partial charge < -0.3 is 14.8 Å². The Bertz CT molecular complexity index is 1080. The van der Waals surface area contributed by atoms with Gasteiger partial charge in [-0.15, -0.1) is 0 Å². The topological polar surface area (TPSA) is 102 Å². The zero-order valence-electron chi connectivity index (χ0n) is 15.8. The van der Waals surface area contributed by atoms with Gasteiger partial charge in [0.25, 0.3) is 15.9 Å². The number of carbonyl (C=O) groups is 2. The Labute approximate surface area is 168 Å². The number of fused-ring (bicyclic) bond motifs is 2. The number of nitrogens with zero attached hydrogens (tertiary/aromatic N) is 1. The molecular formula is C20H20N2O6S. The molecule has 2 amide bonds. The zero-order chi connectivity index (χ0) is 20.6. The second kappa shape index (κ2) is 7.40. The van der Waals surface area contributed by atoms with Crippen LogP contribution < -0.4 is 14.8 Å². The van der Waals surface area contributed by atoms with Crippen molar-refractivity contribution < 1.29 is 27.5 Å². The number of carbonyl (C=O) groups excluding carboxylic acids is 2. The van der Waals surface area contributed by atoms with E-state index in [-0.39, 0.29) is 35.4 Å². The number of rotatable bonds is 5. The van der Waals surface area contributed by atoms with Gasteiger partial charge in [0.05, 0.1) is 11.6 Å². The first kappa shape index (κ1) is 19.3. The van der Waals surface area contributed by atoms with E-state index in [0.717, 1.165) is 9.87 Å². The van der Waals surface area contributed by atoms with Crippen LogP contribution in [0, 0.1) is 0 Å². The lowest BCUT2D eigenvalue weighted by Gasteiger charge is -2.21. The molecule has 0 saturated heterocycles. The number of nitrogens with one attached hydrogen (secondary N) is 1. The second-order valence-electron chi connectivity index (χ2n) is 6.82. The van der Waals surface area contributed by atoms with E-state index in [4.69, 9.17) is 9.47 Å². The highest BCUT2D eigenvalue weighted by Gasteiger charge is 2.40. The molecule has 2 heterocycles. The van der Waals surface area contributed by atoms with E-state index in [1.54, 1.807) is 18.2 Å². The van der Waals surface area contributed by atoms with Crippen LogP contribution in [0.3, 0.4) is 0 Å². The SMILES string of the molecule is CC(NC(=O)CCN1C(=O)c2ccccc2S1(=O)=O)c1ccc2c(c1)OCCO2. The number of hydrogen-bond donors (Lipinski definition) is 1. The third-order valence-corrected chi connectivity index (χ3v) is 6.74. The summed E-state index contributed by atoms with van der Waals surface area (Å²) in [6, 6.07) is 11.2. The fourth-order valence-corrected chi connectivity index (χ4v) is 4.95. The maximum Gasteiger partial charge on any atom is 0.269 e. The summed E-state index contributed by atoms with van der Waals surface area (Å²) in [4.78, 5) is 24.7. The van der Waals surface area contributed by atoms with E-state index >= 15 is 0 Å². The molecule has 0 fully saturated rings. The standard InChI is InChI=1S/C20H20N2O6S/c1-13(14-6-7-16-17(12-14)28-11-10-27-16)21-19(23)8-9-22-20(24)15-4-2-3-5-18(15)29(22,25)26/h2-7,12-13H,8-11H2,1H3,(H,21,23). The summed E-state index contributed by atoms with van der Waals surface area (Å²) in [7, 11) is -3.91. The number of sulfonamides is 1. The molecule has 1 atom stereocenters. The maximum absolute atomic E-state index is 12.5. The van der Waals surface area contributed by atoms with Gasteiger partial charge in [0.2, 0.25) is 5.91 Å². The summed E-state index contributed by atoms with van der Waals surface area (Å²) in [5, 5.41) is 2.82. The predicted octanol–water partition coefficient (Wildman–Crippen LogP) is 1.87. The maximum atomic E-state index is 12.5. The lowest BCUT2D eigenvalue weighted by molar-refractivity contribution is -0.121. The van der Waals surface area contributed by atoms with Crippen LogP contribution in [0.4, 0.5) is 0 Å². The van der Waals surface area contributed by atoms with Gasteiger partial charge in [-0.05, 0) is 36.8 Å². The van der Waals surface area contributed by atoms with Gasteiger partial charge in [-0.2, -0.15) is 0 Å². The van der Waals surface area contributed by atoms with Gasteiger partial charge in [0.1, 0.15) is 18.1 Å². The molecule has 0 saturated carbocycles. The Balaban J connectivity index is 1.39. The summed E-state index contributed by atoms with van der Waals surface area (Å²) in [6.45, 7) is 2.57. The first-order valence-electron chi connectivity index (χ1n) is 9.23. The van der Waals surface area contributed by atoms with Crippen molar-refractivity contribution in [1.82, 2.24) is 9.62 Å². The monoisotopic (exact) mass is 416 g/mol. The van der Waals surface area contributed by atoms with Crippen molar-refractivity contribution in [3.63, 3.8) is 0 Å². The first-order chi connectivity index (χ1) is 13.9. The highest BCUT2D eigenvalue weighted by atomic mass is 32.2. The van der Waals surface area contributed by atoms with E-state index in [1.807, 2.05) is 19.1 Å². The quantitative estimate of drug-likeness (QED) is 0.798. The van der Waals surface area contributed by atoms with Crippen molar-refractivity contribution in [2.45, 2.75) is 24.3 Å². The van der Waals surface area contributed by atoms with Crippen LogP contribution in [-0.2, 0) is 14.8 Å². The average Bonchev–Trinajstić information content (AvgIpc) is 2.92. The fourth-order valence-electron chi connectivity index (χ4n) is 3.38. The minimum Gasteiger partial charge on any atom is -0.486 e. The van der Waals surface area contributed by atoms with E-state index < -0.39 is 15.9 Å². The Hall–Kier alpha value is -3.07. The molecule has 29 heavy (non-hydrogen) atoms. The molecule has 1 N–H and O–H groups in total. The highest BCUT2D eigenvalue weighted by molar-refractivity contribution is 7.90. The van der Waals surface area contributed by atoms with Crippen molar-refractivity contribution in [1.29, 1.82) is 0 Å². The van der Waals surface area contributed by atoms with Gasteiger partial charge in [-0.3, -0.25) is 9.59 Å². The van der Waals surface area contributed by atoms with E-state index in [9.17, 15) is 18.0 Å². The molecule has 4 rings (SSSR count). The molecule has 2 aromatic rings. The van der Waals surface area contributed by atoms with E-state index in [1.165, 1.54) is 12.1 Å².